The van der Waals surface area contributed by atoms with Crippen LogP contribution in [0.5, 0.6) is 0 Å². The van der Waals surface area contributed by atoms with Crippen LogP contribution in [-0.4, -0.2) is 5.16 Å². The molecule has 0 unspecified atom stereocenters. The maximum atomic E-state index is 13.4. The number of isothiocyanates is 1. The molecule has 3 aromatic carbocycles. The van der Waals surface area contributed by atoms with Gasteiger partial charge < -0.3 is 0 Å². The second-order valence-corrected chi connectivity index (χ2v) is 7.34. The molecule has 3 aromatic rings. The van der Waals surface area contributed by atoms with Crippen LogP contribution in [0.15, 0.2) is 47.5 Å². The second kappa shape index (κ2) is 9.72. The number of thiocarbonyl (C=S) groups is 1. The summed E-state index contributed by atoms with van der Waals surface area (Å²) in [6.07, 6.45) is -4.54. The molecular weight excluding hydrogens is 530 g/mol. The minimum Gasteiger partial charge on any atom is -0.194 e. The van der Waals surface area contributed by atoms with Crippen molar-refractivity contribution in [1.82, 2.24) is 0 Å². The Balaban J connectivity index is 0.00000320. The number of hydrogen-bond donors (Lipinski definition) is 0. The van der Waals surface area contributed by atoms with Gasteiger partial charge in [-0.15, -0.1) is 29.3 Å². The van der Waals surface area contributed by atoms with Crippen molar-refractivity contribution in [3.8, 4) is 22.3 Å². The molecule has 0 saturated carbocycles. The summed E-state index contributed by atoms with van der Waals surface area (Å²) in [6.45, 7) is 8.05. The van der Waals surface area contributed by atoms with Gasteiger partial charge in [0.25, 0.3) is 0 Å². The van der Waals surface area contributed by atoms with Crippen molar-refractivity contribution in [3.05, 3.63) is 76.3 Å². The molecule has 0 heterocycles. The predicted molar refractivity (Wildman–Crippen MR) is 115 cm³/mol. The van der Waals surface area contributed by atoms with Gasteiger partial charge in [-0.2, -0.15) is 18.2 Å². The number of halogens is 3. The Morgan fingerprint density at radius 3 is 2.07 bits per heavy atom. The van der Waals surface area contributed by atoms with E-state index in [1.807, 2.05) is 24.2 Å². The van der Waals surface area contributed by atoms with Crippen molar-refractivity contribution < 1.29 is 48.8 Å². The number of alkyl halides is 3. The smallest absolute Gasteiger partial charge is 0.194 e. The van der Waals surface area contributed by atoms with E-state index in [0.717, 1.165) is 33.9 Å². The van der Waals surface area contributed by atoms with Crippen LogP contribution in [-0.2, 0) is 6.18 Å². The van der Waals surface area contributed by atoms with E-state index in [1.165, 1.54) is 11.6 Å². The second-order valence-electron chi connectivity index (χ2n) is 7.15. The molecule has 0 aliphatic rings. The van der Waals surface area contributed by atoms with E-state index in [1.54, 1.807) is 6.07 Å². The van der Waals surface area contributed by atoms with Gasteiger partial charge in [-0.3, -0.25) is 0 Å². The zero-order chi connectivity index (χ0) is 21.3. The first-order valence-corrected chi connectivity index (χ1v) is 9.42. The van der Waals surface area contributed by atoms with Gasteiger partial charge in [0, 0.05) is 35.6 Å². The van der Waals surface area contributed by atoms with E-state index in [2.05, 4.69) is 56.2 Å². The van der Waals surface area contributed by atoms with Crippen LogP contribution in [0.25, 0.3) is 22.3 Å². The summed E-state index contributed by atoms with van der Waals surface area (Å²) >= 11 is 4.46. The number of hydrogen-bond acceptors (Lipinski definition) is 2. The first kappa shape index (κ1) is 24.7. The van der Waals surface area contributed by atoms with E-state index in [0.29, 0.717) is 11.1 Å². The molecule has 0 atom stereocenters. The zero-order valence-corrected chi connectivity index (χ0v) is 21.6. The van der Waals surface area contributed by atoms with Crippen LogP contribution in [0.1, 0.15) is 27.8 Å². The number of benzene rings is 3. The average Bonchev–Trinajstić information content (AvgIpc) is 2.61. The third kappa shape index (κ3) is 5.19. The molecule has 0 saturated heterocycles. The monoisotopic (exact) mass is 549 g/mol. The van der Waals surface area contributed by atoms with Crippen LogP contribution in [0.3, 0.4) is 0 Å². The van der Waals surface area contributed by atoms with Gasteiger partial charge in [-0.1, -0.05) is 64.6 Å². The molecule has 3 rings (SSSR count). The SMILES string of the molecule is Cc1cc(C)c(-c2c[c-]c(-c3ccc(N=C=S)c(C(F)(F)F)c3)c(C)c2)c(C)c1.[La]. The minimum absolute atomic E-state index is 0. The number of aliphatic imine (C=N–C) groups is 1. The summed E-state index contributed by atoms with van der Waals surface area (Å²) < 4.78 is 40.3. The van der Waals surface area contributed by atoms with Crippen molar-refractivity contribution in [2.75, 3.05) is 0 Å². The standard InChI is InChI=1S/C24H19F3NS.La/c1-14-9-16(3)23(17(4)10-14)19-5-7-20(15(2)11-19)18-6-8-22(28-13-29)21(12-18)24(25,26)27;/h5-6,8-12H,1-4H3;/q-1;. The van der Waals surface area contributed by atoms with Crippen LogP contribution in [0.4, 0.5) is 18.9 Å². The Morgan fingerprint density at radius 1 is 0.900 bits per heavy atom. The zero-order valence-electron chi connectivity index (χ0n) is 17.1. The van der Waals surface area contributed by atoms with Gasteiger partial charge in [0.2, 0.25) is 0 Å². The van der Waals surface area contributed by atoms with Crippen LogP contribution in [0.2, 0.25) is 0 Å². The Labute approximate surface area is 208 Å². The maximum absolute atomic E-state index is 13.4. The van der Waals surface area contributed by atoms with Crippen LogP contribution in [0, 0.1) is 69.4 Å². The largest absolute Gasteiger partial charge is 0.417 e. The summed E-state index contributed by atoms with van der Waals surface area (Å²) in [5.41, 5.74) is 6.46. The molecule has 0 N–H and O–H groups in total. The minimum atomic E-state index is -4.54. The van der Waals surface area contributed by atoms with Gasteiger partial charge in [0.1, 0.15) is 0 Å². The van der Waals surface area contributed by atoms with Crippen molar-refractivity contribution in [2.45, 2.75) is 33.9 Å². The summed E-state index contributed by atoms with van der Waals surface area (Å²) in [4.78, 5) is 3.55. The first-order chi connectivity index (χ1) is 13.6. The average molecular weight is 549 g/mol. The van der Waals surface area contributed by atoms with Crippen LogP contribution >= 0.6 is 12.2 Å². The van der Waals surface area contributed by atoms with Crippen molar-refractivity contribution in [3.63, 3.8) is 0 Å². The van der Waals surface area contributed by atoms with E-state index in [-0.39, 0.29) is 41.3 Å². The third-order valence-corrected chi connectivity index (χ3v) is 4.95. The van der Waals surface area contributed by atoms with E-state index in [4.69, 9.17) is 0 Å². The molecule has 0 spiro atoms. The molecule has 6 heteroatoms. The van der Waals surface area contributed by atoms with E-state index < -0.39 is 11.7 Å². The summed E-state index contributed by atoms with van der Waals surface area (Å²) in [5, 5.41) is 2.01. The molecule has 1 radical (unpaired) electrons. The van der Waals surface area contributed by atoms with Gasteiger partial charge in [-0.25, -0.2) is 0 Å². The Kier molecular flexibility index (Phi) is 8.00. The molecule has 0 aromatic heterocycles. The Morgan fingerprint density at radius 2 is 1.53 bits per heavy atom. The molecule has 1 nitrogen and oxygen atoms in total. The molecular formula is C24H19F3LaNS-. The maximum Gasteiger partial charge on any atom is 0.417 e. The van der Waals surface area contributed by atoms with Gasteiger partial charge >= 0.3 is 6.18 Å². The normalized spacial score (nSPS) is 10.9. The number of rotatable bonds is 3. The molecule has 151 valence electrons. The molecule has 0 aliphatic carbocycles. The molecule has 0 fully saturated rings. The van der Waals surface area contributed by atoms with Crippen molar-refractivity contribution in [1.29, 1.82) is 0 Å². The summed E-state index contributed by atoms with van der Waals surface area (Å²) in [7, 11) is 0. The van der Waals surface area contributed by atoms with Gasteiger partial charge in [-0.05, 0) is 39.1 Å². The van der Waals surface area contributed by atoms with E-state index in [9.17, 15) is 13.2 Å². The fourth-order valence-corrected chi connectivity index (χ4v) is 3.87. The summed E-state index contributed by atoms with van der Waals surface area (Å²) in [5.74, 6) is 0. The predicted octanol–water partition coefficient (Wildman–Crippen LogP) is 7.81. The fourth-order valence-electron chi connectivity index (χ4n) is 3.77. The van der Waals surface area contributed by atoms with Gasteiger partial charge in [0.05, 0.1) is 16.4 Å². The molecule has 0 amide bonds. The number of aryl methyl sites for hydroxylation is 4. The number of nitrogens with zero attached hydrogens (tertiary/aromatic N) is 1. The molecule has 30 heavy (non-hydrogen) atoms. The van der Waals surface area contributed by atoms with E-state index >= 15 is 0 Å². The van der Waals surface area contributed by atoms with Crippen LogP contribution < -0.4 is 0 Å². The fraction of sp³-hybridized carbons (Fsp3) is 0.208. The first-order valence-electron chi connectivity index (χ1n) is 9.02. The molecule has 0 bridgehead atoms. The van der Waals surface area contributed by atoms with Gasteiger partial charge in [0.15, 0.2) is 0 Å². The Hall–Kier alpha value is -1.56. The quantitative estimate of drug-likeness (QED) is 0.185. The molecule has 0 aliphatic heterocycles. The van der Waals surface area contributed by atoms with Crippen molar-refractivity contribution in [2.24, 2.45) is 4.99 Å². The third-order valence-electron chi connectivity index (χ3n) is 4.86. The Bertz CT molecular complexity index is 1120. The van der Waals surface area contributed by atoms with Crippen molar-refractivity contribution >= 4 is 23.1 Å². The summed E-state index contributed by atoms with van der Waals surface area (Å²) in [6, 6.07) is 15.3. The topological polar surface area (TPSA) is 12.4 Å².